The predicted octanol–water partition coefficient (Wildman–Crippen LogP) is 5.07. The summed E-state index contributed by atoms with van der Waals surface area (Å²) in [6.45, 7) is 0. The molecular weight excluding hydrogens is 316 g/mol. The predicted molar refractivity (Wildman–Crippen MR) is 89.8 cm³/mol. The zero-order valence-electron chi connectivity index (χ0n) is 11.4. The highest BCUT2D eigenvalue weighted by Gasteiger charge is 2.21. The van der Waals surface area contributed by atoms with Crippen molar-refractivity contribution in [1.29, 1.82) is 5.26 Å². The Bertz CT molecular complexity index is 847. The summed E-state index contributed by atoms with van der Waals surface area (Å²) in [5, 5.41) is 19.5. The molecule has 1 N–H and O–H groups in total. The molecule has 3 nitrogen and oxygen atoms in total. The Morgan fingerprint density at radius 1 is 1.14 bits per heavy atom. The average molecular weight is 327 g/mol. The van der Waals surface area contributed by atoms with Crippen molar-refractivity contribution in [3.63, 3.8) is 0 Å². The smallest absolute Gasteiger partial charge is 0.138 e. The standard InChI is InChI=1S/C17H11ClN2OS/c18-15(11-6-2-1-3-7-11)16(21)12(10-19)17-20-13-8-4-5-9-14(13)22-17/h1-9,15,21H/b16-12+. The molecule has 0 radical (unpaired) electrons. The van der Waals surface area contributed by atoms with Crippen molar-refractivity contribution < 1.29 is 5.11 Å². The molecule has 3 rings (SSSR count). The SMILES string of the molecule is N#C/C(=C(\O)C(Cl)c1ccccc1)c1nc2ccccc2s1. The van der Waals surface area contributed by atoms with Crippen LogP contribution in [-0.2, 0) is 0 Å². The molecule has 0 aliphatic heterocycles. The number of hydrogen-bond donors (Lipinski definition) is 1. The van der Waals surface area contributed by atoms with Crippen LogP contribution in [0.2, 0.25) is 0 Å². The lowest BCUT2D eigenvalue weighted by atomic mass is 10.1. The first-order valence-corrected chi connectivity index (χ1v) is 7.84. The summed E-state index contributed by atoms with van der Waals surface area (Å²) in [6, 6.07) is 18.8. The Hall–Kier alpha value is -2.35. The number of para-hydroxylation sites is 1. The molecule has 22 heavy (non-hydrogen) atoms. The molecule has 3 aromatic rings. The molecule has 1 unspecified atom stereocenters. The normalized spacial score (nSPS) is 13.5. The third kappa shape index (κ3) is 2.69. The first-order valence-electron chi connectivity index (χ1n) is 6.59. The molecule has 0 spiro atoms. The van der Waals surface area contributed by atoms with Gasteiger partial charge in [-0.2, -0.15) is 5.26 Å². The molecule has 0 amide bonds. The van der Waals surface area contributed by atoms with Crippen LogP contribution in [0.3, 0.4) is 0 Å². The number of aliphatic hydroxyl groups excluding tert-OH is 1. The van der Waals surface area contributed by atoms with Crippen molar-refractivity contribution >= 4 is 38.7 Å². The van der Waals surface area contributed by atoms with Crippen molar-refractivity contribution in [2.75, 3.05) is 0 Å². The quantitative estimate of drug-likeness (QED) is 0.415. The number of allylic oxidation sites excluding steroid dienone is 2. The maximum atomic E-state index is 10.4. The van der Waals surface area contributed by atoms with Gasteiger partial charge in [0, 0.05) is 0 Å². The summed E-state index contributed by atoms with van der Waals surface area (Å²) in [7, 11) is 0. The highest BCUT2D eigenvalue weighted by molar-refractivity contribution is 7.19. The Morgan fingerprint density at radius 3 is 2.50 bits per heavy atom. The van der Waals surface area contributed by atoms with E-state index in [1.54, 1.807) is 12.1 Å². The zero-order chi connectivity index (χ0) is 15.5. The number of thiazole rings is 1. The molecular formula is C17H11ClN2OS. The van der Waals surface area contributed by atoms with Gasteiger partial charge in [-0.25, -0.2) is 4.98 Å². The number of rotatable bonds is 3. The number of halogens is 1. The Kier molecular flexibility index (Phi) is 4.10. The lowest BCUT2D eigenvalue weighted by Crippen LogP contribution is -1.98. The number of alkyl halides is 1. The fourth-order valence-electron chi connectivity index (χ4n) is 2.10. The fraction of sp³-hybridized carbons (Fsp3) is 0.0588. The van der Waals surface area contributed by atoms with E-state index in [1.807, 2.05) is 48.5 Å². The second-order valence-electron chi connectivity index (χ2n) is 4.63. The number of hydrogen-bond acceptors (Lipinski definition) is 4. The van der Waals surface area contributed by atoms with Gasteiger partial charge in [-0.1, -0.05) is 42.5 Å². The van der Waals surface area contributed by atoms with Gasteiger partial charge in [-0.05, 0) is 17.7 Å². The second kappa shape index (κ2) is 6.18. The molecule has 0 saturated carbocycles. The number of benzene rings is 2. The monoisotopic (exact) mass is 326 g/mol. The number of nitrogens with zero attached hydrogens (tertiary/aromatic N) is 2. The maximum Gasteiger partial charge on any atom is 0.138 e. The highest BCUT2D eigenvalue weighted by atomic mass is 35.5. The third-order valence-corrected chi connectivity index (χ3v) is 4.72. The molecule has 2 aromatic carbocycles. The Balaban J connectivity index is 2.07. The van der Waals surface area contributed by atoms with E-state index < -0.39 is 5.38 Å². The highest BCUT2D eigenvalue weighted by Crippen LogP contribution is 2.34. The van der Waals surface area contributed by atoms with Crippen LogP contribution in [0.4, 0.5) is 0 Å². The number of nitriles is 1. The van der Waals surface area contributed by atoms with Crippen molar-refractivity contribution in [2.24, 2.45) is 0 Å². The second-order valence-corrected chi connectivity index (χ2v) is 6.10. The van der Waals surface area contributed by atoms with Crippen LogP contribution in [0.5, 0.6) is 0 Å². The van der Waals surface area contributed by atoms with Crippen LogP contribution in [0, 0.1) is 11.3 Å². The minimum Gasteiger partial charge on any atom is -0.509 e. The fourth-order valence-corrected chi connectivity index (χ4v) is 3.32. The van der Waals surface area contributed by atoms with Gasteiger partial charge in [0.05, 0.1) is 10.2 Å². The lowest BCUT2D eigenvalue weighted by Gasteiger charge is -2.10. The van der Waals surface area contributed by atoms with Gasteiger partial charge in [-0.3, -0.25) is 0 Å². The molecule has 0 bridgehead atoms. The molecule has 1 atom stereocenters. The first kappa shape index (κ1) is 14.6. The van der Waals surface area contributed by atoms with E-state index in [4.69, 9.17) is 11.6 Å². The summed E-state index contributed by atoms with van der Waals surface area (Å²) >= 11 is 7.66. The first-order chi connectivity index (χ1) is 10.7. The van der Waals surface area contributed by atoms with Crippen LogP contribution >= 0.6 is 22.9 Å². The van der Waals surface area contributed by atoms with E-state index in [0.717, 1.165) is 15.8 Å². The topological polar surface area (TPSA) is 56.9 Å². The van der Waals surface area contributed by atoms with E-state index in [1.165, 1.54) is 11.3 Å². The summed E-state index contributed by atoms with van der Waals surface area (Å²) in [5.41, 5.74) is 1.65. The summed E-state index contributed by atoms with van der Waals surface area (Å²) in [6.07, 6.45) is 0. The largest absolute Gasteiger partial charge is 0.509 e. The summed E-state index contributed by atoms with van der Waals surface area (Å²) in [5.74, 6) is -0.172. The van der Waals surface area contributed by atoms with Crippen LogP contribution in [-0.4, -0.2) is 10.1 Å². The van der Waals surface area contributed by atoms with Gasteiger partial charge >= 0.3 is 0 Å². The molecule has 5 heteroatoms. The van der Waals surface area contributed by atoms with Crippen LogP contribution < -0.4 is 0 Å². The van der Waals surface area contributed by atoms with Crippen molar-refractivity contribution in [1.82, 2.24) is 4.98 Å². The van der Waals surface area contributed by atoms with E-state index in [0.29, 0.717) is 5.01 Å². The minimum absolute atomic E-state index is 0.116. The third-order valence-electron chi connectivity index (χ3n) is 3.21. The van der Waals surface area contributed by atoms with E-state index in [-0.39, 0.29) is 11.3 Å². The van der Waals surface area contributed by atoms with E-state index in [2.05, 4.69) is 4.98 Å². The molecule has 0 aliphatic carbocycles. The van der Waals surface area contributed by atoms with Gasteiger partial charge < -0.3 is 5.11 Å². The van der Waals surface area contributed by atoms with Crippen LogP contribution in [0.25, 0.3) is 15.8 Å². The number of aliphatic hydroxyl groups is 1. The molecule has 0 fully saturated rings. The van der Waals surface area contributed by atoms with Gasteiger partial charge in [0.25, 0.3) is 0 Å². The lowest BCUT2D eigenvalue weighted by molar-refractivity contribution is 0.397. The Labute approximate surface area is 136 Å². The molecule has 0 saturated heterocycles. The van der Waals surface area contributed by atoms with Gasteiger partial charge in [0.15, 0.2) is 0 Å². The molecule has 0 aliphatic rings. The minimum atomic E-state index is -0.775. The molecule has 108 valence electrons. The molecule has 1 heterocycles. The Morgan fingerprint density at radius 2 is 1.82 bits per heavy atom. The zero-order valence-corrected chi connectivity index (χ0v) is 13.0. The molecule has 1 aromatic heterocycles. The van der Waals surface area contributed by atoms with Crippen molar-refractivity contribution in [3.05, 3.63) is 70.9 Å². The summed E-state index contributed by atoms with van der Waals surface area (Å²) in [4.78, 5) is 4.40. The maximum absolute atomic E-state index is 10.4. The van der Waals surface area contributed by atoms with E-state index in [9.17, 15) is 10.4 Å². The van der Waals surface area contributed by atoms with Crippen LogP contribution in [0.1, 0.15) is 15.9 Å². The van der Waals surface area contributed by atoms with Gasteiger partial charge in [0.2, 0.25) is 0 Å². The average Bonchev–Trinajstić information content (AvgIpc) is 2.99. The van der Waals surface area contributed by atoms with Crippen molar-refractivity contribution in [3.8, 4) is 6.07 Å². The number of aromatic nitrogens is 1. The van der Waals surface area contributed by atoms with Crippen molar-refractivity contribution in [2.45, 2.75) is 5.38 Å². The number of fused-ring (bicyclic) bond motifs is 1. The van der Waals surface area contributed by atoms with E-state index >= 15 is 0 Å². The summed E-state index contributed by atoms with van der Waals surface area (Å²) < 4.78 is 0.962. The van der Waals surface area contributed by atoms with Gasteiger partial charge in [-0.15, -0.1) is 22.9 Å². The van der Waals surface area contributed by atoms with Gasteiger partial charge in [0.1, 0.15) is 27.8 Å². The van der Waals surface area contributed by atoms with Crippen LogP contribution in [0.15, 0.2) is 60.4 Å².